The first-order valence-electron chi connectivity index (χ1n) is 8.72. The van der Waals surface area contributed by atoms with Crippen LogP contribution in [0.15, 0.2) is 85.1 Å². The number of nitrogens with zero attached hydrogens (tertiary/aromatic N) is 2. The van der Waals surface area contributed by atoms with E-state index in [1.165, 1.54) is 0 Å². The first-order valence-corrected chi connectivity index (χ1v) is 8.72. The van der Waals surface area contributed by atoms with Crippen LogP contribution < -0.4 is 9.47 Å². The molecule has 0 bridgehead atoms. The number of methoxy groups -OCH3 is 2. The summed E-state index contributed by atoms with van der Waals surface area (Å²) in [5, 5.41) is 4.50. The number of ether oxygens (including phenoxy) is 2. The van der Waals surface area contributed by atoms with Gasteiger partial charge in [-0.1, -0.05) is 30.3 Å². The van der Waals surface area contributed by atoms with E-state index < -0.39 is 0 Å². The molecule has 4 rings (SSSR count). The molecule has 4 heteroatoms. The Kier molecular flexibility index (Phi) is 4.62. The number of benzene rings is 3. The van der Waals surface area contributed by atoms with Crippen molar-refractivity contribution in [1.82, 2.24) is 9.78 Å². The summed E-state index contributed by atoms with van der Waals surface area (Å²) >= 11 is 0. The standard InChI is InChI=1S/C23H20N2O2/c1-26-21-10-6-17(7-11-21)18-4-3-5-19(16-18)23-14-15-24-25(23)20-8-12-22(27-2)13-9-20/h3-16H,1-2H3. The van der Waals surface area contributed by atoms with Crippen LogP contribution in [-0.2, 0) is 0 Å². The van der Waals surface area contributed by atoms with Crippen LogP contribution in [-0.4, -0.2) is 24.0 Å². The molecule has 27 heavy (non-hydrogen) atoms. The van der Waals surface area contributed by atoms with E-state index in [0.29, 0.717) is 0 Å². The van der Waals surface area contributed by atoms with Gasteiger partial charge in [0.1, 0.15) is 11.5 Å². The minimum absolute atomic E-state index is 0.828. The second-order valence-electron chi connectivity index (χ2n) is 6.14. The lowest BCUT2D eigenvalue weighted by atomic mass is 10.0. The lowest BCUT2D eigenvalue weighted by molar-refractivity contribution is 0.414. The number of hydrogen-bond donors (Lipinski definition) is 0. The van der Waals surface area contributed by atoms with Gasteiger partial charge >= 0.3 is 0 Å². The Morgan fingerprint density at radius 1 is 0.667 bits per heavy atom. The molecule has 0 saturated heterocycles. The number of rotatable bonds is 5. The Hall–Kier alpha value is -3.53. The molecule has 0 aliphatic rings. The molecule has 1 aromatic heterocycles. The smallest absolute Gasteiger partial charge is 0.119 e. The van der Waals surface area contributed by atoms with Crippen LogP contribution in [0.5, 0.6) is 11.5 Å². The van der Waals surface area contributed by atoms with E-state index >= 15 is 0 Å². The predicted octanol–water partition coefficient (Wildman–Crippen LogP) is 5.22. The zero-order valence-electron chi connectivity index (χ0n) is 15.3. The van der Waals surface area contributed by atoms with Crippen LogP contribution in [0.4, 0.5) is 0 Å². The molecule has 0 spiro atoms. The SMILES string of the molecule is COc1ccc(-c2cccc(-c3ccnn3-c3ccc(OC)cc3)c2)cc1. The van der Waals surface area contributed by atoms with Crippen molar-refractivity contribution in [2.75, 3.05) is 14.2 Å². The van der Waals surface area contributed by atoms with Gasteiger partial charge in [0.15, 0.2) is 0 Å². The van der Waals surface area contributed by atoms with Crippen LogP contribution in [0.25, 0.3) is 28.1 Å². The van der Waals surface area contributed by atoms with Crippen molar-refractivity contribution in [3.05, 3.63) is 85.1 Å². The van der Waals surface area contributed by atoms with Crippen molar-refractivity contribution in [2.45, 2.75) is 0 Å². The van der Waals surface area contributed by atoms with Gasteiger partial charge in [-0.2, -0.15) is 5.10 Å². The molecule has 3 aromatic carbocycles. The minimum atomic E-state index is 0.828. The monoisotopic (exact) mass is 356 g/mol. The van der Waals surface area contributed by atoms with E-state index in [1.807, 2.05) is 53.3 Å². The van der Waals surface area contributed by atoms with Gasteiger partial charge in [-0.05, 0) is 59.7 Å². The van der Waals surface area contributed by atoms with Gasteiger partial charge in [-0.25, -0.2) is 4.68 Å². The molecular weight excluding hydrogens is 336 g/mol. The fourth-order valence-corrected chi connectivity index (χ4v) is 3.09. The van der Waals surface area contributed by atoms with Gasteiger partial charge in [0, 0.05) is 5.56 Å². The third-order valence-electron chi connectivity index (χ3n) is 4.54. The maximum absolute atomic E-state index is 5.25. The second kappa shape index (κ2) is 7.38. The Labute approximate surface area is 158 Å². The molecule has 0 atom stereocenters. The maximum Gasteiger partial charge on any atom is 0.119 e. The fraction of sp³-hybridized carbons (Fsp3) is 0.0870. The van der Waals surface area contributed by atoms with Crippen molar-refractivity contribution < 1.29 is 9.47 Å². The summed E-state index contributed by atoms with van der Waals surface area (Å²) in [4.78, 5) is 0. The Balaban J connectivity index is 1.71. The molecule has 0 fully saturated rings. The number of aromatic nitrogens is 2. The second-order valence-corrected chi connectivity index (χ2v) is 6.14. The van der Waals surface area contributed by atoms with E-state index in [2.05, 4.69) is 41.5 Å². The first-order chi connectivity index (χ1) is 13.3. The quantitative estimate of drug-likeness (QED) is 0.492. The average Bonchev–Trinajstić information content (AvgIpc) is 3.24. The molecule has 4 aromatic rings. The van der Waals surface area contributed by atoms with Crippen molar-refractivity contribution in [1.29, 1.82) is 0 Å². The molecule has 0 N–H and O–H groups in total. The Bertz CT molecular complexity index is 1030. The highest BCUT2D eigenvalue weighted by atomic mass is 16.5. The molecule has 0 amide bonds. The highest BCUT2D eigenvalue weighted by molar-refractivity contribution is 5.72. The van der Waals surface area contributed by atoms with Gasteiger partial charge in [0.05, 0.1) is 31.8 Å². The topological polar surface area (TPSA) is 36.3 Å². The zero-order chi connectivity index (χ0) is 18.6. The van der Waals surface area contributed by atoms with Crippen LogP contribution >= 0.6 is 0 Å². The van der Waals surface area contributed by atoms with Gasteiger partial charge in [-0.3, -0.25) is 0 Å². The first kappa shape index (κ1) is 16.9. The lowest BCUT2D eigenvalue weighted by Crippen LogP contribution is -1.99. The molecule has 0 saturated carbocycles. The Morgan fingerprint density at radius 2 is 1.30 bits per heavy atom. The van der Waals surface area contributed by atoms with Crippen LogP contribution in [0, 0.1) is 0 Å². The van der Waals surface area contributed by atoms with Crippen LogP contribution in [0.1, 0.15) is 0 Å². The van der Waals surface area contributed by atoms with E-state index in [-0.39, 0.29) is 0 Å². The van der Waals surface area contributed by atoms with E-state index in [9.17, 15) is 0 Å². The third kappa shape index (κ3) is 3.42. The highest BCUT2D eigenvalue weighted by Gasteiger charge is 2.09. The van der Waals surface area contributed by atoms with Crippen LogP contribution in [0.3, 0.4) is 0 Å². The summed E-state index contributed by atoms with van der Waals surface area (Å²) in [7, 11) is 3.34. The summed E-state index contributed by atoms with van der Waals surface area (Å²) in [5.74, 6) is 1.68. The third-order valence-corrected chi connectivity index (χ3v) is 4.54. The predicted molar refractivity (Wildman–Crippen MR) is 108 cm³/mol. The van der Waals surface area contributed by atoms with Gasteiger partial charge in [-0.15, -0.1) is 0 Å². The van der Waals surface area contributed by atoms with Crippen molar-refractivity contribution in [2.24, 2.45) is 0 Å². The summed E-state index contributed by atoms with van der Waals surface area (Å²) < 4.78 is 12.4. The molecule has 4 nitrogen and oxygen atoms in total. The van der Waals surface area contributed by atoms with E-state index in [1.54, 1.807) is 14.2 Å². The van der Waals surface area contributed by atoms with E-state index in [0.717, 1.165) is 39.6 Å². The summed E-state index contributed by atoms with van der Waals surface area (Å²) in [6, 6.07) is 26.5. The van der Waals surface area contributed by atoms with Gasteiger partial charge in [0.2, 0.25) is 0 Å². The van der Waals surface area contributed by atoms with Crippen LogP contribution in [0.2, 0.25) is 0 Å². The highest BCUT2D eigenvalue weighted by Crippen LogP contribution is 2.29. The van der Waals surface area contributed by atoms with Crippen molar-refractivity contribution >= 4 is 0 Å². The summed E-state index contributed by atoms with van der Waals surface area (Å²) in [6.45, 7) is 0. The van der Waals surface area contributed by atoms with Gasteiger partial charge < -0.3 is 9.47 Å². The number of hydrogen-bond acceptors (Lipinski definition) is 3. The van der Waals surface area contributed by atoms with E-state index in [4.69, 9.17) is 9.47 Å². The molecule has 0 aliphatic carbocycles. The fourth-order valence-electron chi connectivity index (χ4n) is 3.09. The largest absolute Gasteiger partial charge is 0.497 e. The molecule has 1 heterocycles. The zero-order valence-corrected chi connectivity index (χ0v) is 15.3. The molecule has 0 aliphatic heterocycles. The summed E-state index contributed by atoms with van der Waals surface area (Å²) in [5.41, 5.74) is 5.43. The normalized spacial score (nSPS) is 10.6. The molecule has 134 valence electrons. The maximum atomic E-state index is 5.25. The van der Waals surface area contributed by atoms with Gasteiger partial charge in [0.25, 0.3) is 0 Å². The summed E-state index contributed by atoms with van der Waals surface area (Å²) in [6.07, 6.45) is 1.82. The molecular formula is C23H20N2O2. The Morgan fingerprint density at radius 3 is 1.96 bits per heavy atom. The average molecular weight is 356 g/mol. The molecule has 0 unspecified atom stereocenters. The lowest BCUT2D eigenvalue weighted by Gasteiger charge is -2.10. The van der Waals surface area contributed by atoms with Crippen molar-refractivity contribution in [3.63, 3.8) is 0 Å². The molecule has 0 radical (unpaired) electrons. The minimum Gasteiger partial charge on any atom is -0.497 e. The van der Waals surface area contributed by atoms with Crippen molar-refractivity contribution in [3.8, 4) is 39.6 Å².